The van der Waals surface area contributed by atoms with Crippen LogP contribution < -0.4 is 9.47 Å². The number of alkyl halides is 3. The van der Waals surface area contributed by atoms with Gasteiger partial charge < -0.3 is 14.4 Å². The molecule has 0 saturated carbocycles. The number of amides is 1. The zero-order valence-electron chi connectivity index (χ0n) is 13.9. The number of nitrogens with zero attached hydrogens (tertiary/aromatic N) is 1. The Hall–Kier alpha value is -2.77. The molecule has 0 spiro atoms. The molecule has 2 aromatic rings. The van der Waals surface area contributed by atoms with E-state index in [0.717, 1.165) is 10.8 Å². The molecule has 26 heavy (non-hydrogen) atoms. The van der Waals surface area contributed by atoms with Gasteiger partial charge in [-0.05, 0) is 35.0 Å². The van der Waals surface area contributed by atoms with E-state index >= 15 is 0 Å². The second kappa shape index (κ2) is 6.86. The van der Waals surface area contributed by atoms with Gasteiger partial charge in [-0.3, -0.25) is 9.59 Å². The van der Waals surface area contributed by atoms with Crippen molar-refractivity contribution in [1.29, 1.82) is 0 Å². The Bertz CT molecular complexity index is 850. The second-order valence-corrected chi connectivity index (χ2v) is 6.09. The van der Waals surface area contributed by atoms with Gasteiger partial charge in [0.15, 0.2) is 0 Å². The molecule has 138 valence electrons. The summed E-state index contributed by atoms with van der Waals surface area (Å²) < 4.78 is 47.7. The summed E-state index contributed by atoms with van der Waals surface area (Å²) >= 11 is 0. The summed E-state index contributed by atoms with van der Waals surface area (Å²) in [5, 5.41) is 1.70. The molecular weight excluding hydrogens is 351 g/mol. The topological polar surface area (TPSA) is 55.8 Å². The van der Waals surface area contributed by atoms with E-state index < -0.39 is 30.5 Å². The molecule has 1 atom stereocenters. The average molecular weight is 367 g/mol. The van der Waals surface area contributed by atoms with Gasteiger partial charge in [0.25, 0.3) is 0 Å². The minimum Gasteiger partial charge on any atom is -0.497 e. The number of hydrogen-bond donors (Lipinski definition) is 0. The highest BCUT2D eigenvalue weighted by Gasteiger charge is 2.41. The molecule has 1 aliphatic heterocycles. The van der Waals surface area contributed by atoms with Crippen molar-refractivity contribution in [2.24, 2.45) is 5.92 Å². The lowest BCUT2D eigenvalue weighted by Crippen LogP contribution is -2.36. The Labute approximate surface area is 147 Å². The van der Waals surface area contributed by atoms with Crippen molar-refractivity contribution >= 4 is 22.6 Å². The van der Waals surface area contributed by atoms with Crippen molar-refractivity contribution in [2.45, 2.75) is 12.6 Å². The normalized spacial score (nSPS) is 17.6. The molecule has 3 rings (SSSR count). The molecule has 1 fully saturated rings. The standard InChI is InChI=1S/C18H16F3NO4/c1-25-14-4-2-11-3-5-15(7-12(11)6-14)26-17(24)13-8-16(23)22(9-13)10-18(19,20)21/h2-7,13H,8-10H2,1H3. The molecule has 0 N–H and O–H groups in total. The Morgan fingerprint density at radius 3 is 2.46 bits per heavy atom. The summed E-state index contributed by atoms with van der Waals surface area (Å²) in [5.41, 5.74) is 0. The van der Waals surface area contributed by atoms with E-state index in [4.69, 9.17) is 9.47 Å². The first kappa shape index (κ1) is 18.0. The van der Waals surface area contributed by atoms with Crippen molar-refractivity contribution in [3.8, 4) is 11.5 Å². The van der Waals surface area contributed by atoms with E-state index in [0.29, 0.717) is 10.6 Å². The molecular formula is C18H16F3NO4. The van der Waals surface area contributed by atoms with E-state index in [2.05, 4.69) is 0 Å². The third-order valence-corrected chi connectivity index (χ3v) is 4.16. The largest absolute Gasteiger partial charge is 0.497 e. The van der Waals surface area contributed by atoms with Gasteiger partial charge in [-0.1, -0.05) is 12.1 Å². The van der Waals surface area contributed by atoms with Crippen LogP contribution in [0.3, 0.4) is 0 Å². The van der Waals surface area contributed by atoms with Crippen LogP contribution in [0.4, 0.5) is 13.2 Å². The molecule has 8 heteroatoms. The number of hydrogen-bond acceptors (Lipinski definition) is 4. The van der Waals surface area contributed by atoms with E-state index in [1.54, 1.807) is 30.3 Å². The van der Waals surface area contributed by atoms with Crippen LogP contribution >= 0.6 is 0 Å². The lowest BCUT2D eigenvalue weighted by atomic mass is 10.1. The minimum absolute atomic E-state index is 0.262. The third kappa shape index (κ3) is 4.07. The summed E-state index contributed by atoms with van der Waals surface area (Å²) in [6, 6.07) is 10.4. The summed E-state index contributed by atoms with van der Waals surface area (Å²) in [7, 11) is 1.54. The number of ether oxygens (including phenoxy) is 2. The number of carbonyl (C=O) groups excluding carboxylic acids is 2. The number of carbonyl (C=O) groups is 2. The molecule has 0 aromatic heterocycles. The maximum Gasteiger partial charge on any atom is 0.406 e. The number of halogens is 3. The quantitative estimate of drug-likeness (QED) is 0.615. The second-order valence-electron chi connectivity index (χ2n) is 6.09. The maximum absolute atomic E-state index is 12.4. The summed E-state index contributed by atoms with van der Waals surface area (Å²) in [4.78, 5) is 24.5. The Kier molecular flexibility index (Phi) is 4.76. The third-order valence-electron chi connectivity index (χ3n) is 4.16. The van der Waals surface area contributed by atoms with Gasteiger partial charge in [-0.2, -0.15) is 13.2 Å². The number of likely N-dealkylation sites (tertiary alicyclic amines) is 1. The molecule has 1 saturated heterocycles. The molecule has 1 unspecified atom stereocenters. The highest BCUT2D eigenvalue weighted by molar-refractivity contribution is 5.89. The highest BCUT2D eigenvalue weighted by atomic mass is 19.4. The van der Waals surface area contributed by atoms with E-state index in [1.165, 1.54) is 7.11 Å². The van der Waals surface area contributed by atoms with Crippen LogP contribution in [0.5, 0.6) is 11.5 Å². The van der Waals surface area contributed by atoms with E-state index in [9.17, 15) is 22.8 Å². The molecule has 0 bridgehead atoms. The zero-order chi connectivity index (χ0) is 18.9. The van der Waals surface area contributed by atoms with Crippen LogP contribution in [-0.4, -0.2) is 43.2 Å². The van der Waals surface area contributed by atoms with Crippen LogP contribution in [0.2, 0.25) is 0 Å². The molecule has 5 nitrogen and oxygen atoms in total. The minimum atomic E-state index is -4.49. The van der Waals surface area contributed by atoms with Gasteiger partial charge in [0.1, 0.15) is 18.0 Å². The summed E-state index contributed by atoms with van der Waals surface area (Å²) in [6.45, 7) is -1.65. The molecule has 1 aliphatic rings. The van der Waals surface area contributed by atoms with E-state index in [1.807, 2.05) is 6.07 Å². The number of esters is 1. The van der Waals surface area contributed by atoms with Gasteiger partial charge in [0.2, 0.25) is 5.91 Å². The Morgan fingerprint density at radius 1 is 1.15 bits per heavy atom. The van der Waals surface area contributed by atoms with Crippen molar-refractivity contribution in [1.82, 2.24) is 4.90 Å². The smallest absolute Gasteiger partial charge is 0.406 e. The van der Waals surface area contributed by atoms with Crippen LogP contribution in [0.25, 0.3) is 10.8 Å². The van der Waals surface area contributed by atoms with Crippen LogP contribution in [0.1, 0.15) is 6.42 Å². The zero-order valence-corrected chi connectivity index (χ0v) is 13.9. The first-order valence-corrected chi connectivity index (χ1v) is 7.89. The summed E-state index contributed by atoms with van der Waals surface area (Å²) in [6.07, 6.45) is -4.78. The van der Waals surface area contributed by atoms with Gasteiger partial charge in [0, 0.05) is 13.0 Å². The number of fused-ring (bicyclic) bond motifs is 1. The fourth-order valence-electron chi connectivity index (χ4n) is 2.89. The average Bonchev–Trinajstić information content (AvgIpc) is 2.93. The molecule has 0 radical (unpaired) electrons. The number of methoxy groups -OCH3 is 1. The molecule has 1 heterocycles. The monoisotopic (exact) mass is 367 g/mol. The van der Waals surface area contributed by atoms with Crippen LogP contribution in [-0.2, 0) is 9.59 Å². The first-order valence-electron chi connectivity index (χ1n) is 7.89. The molecule has 2 aromatic carbocycles. The molecule has 0 aliphatic carbocycles. The van der Waals surface area contributed by atoms with Crippen molar-refractivity contribution in [3.63, 3.8) is 0 Å². The fourth-order valence-corrected chi connectivity index (χ4v) is 2.89. The lowest BCUT2D eigenvalue weighted by Gasteiger charge is -2.18. The lowest BCUT2D eigenvalue weighted by molar-refractivity contribution is -0.157. The highest BCUT2D eigenvalue weighted by Crippen LogP contribution is 2.28. The number of rotatable bonds is 4. The Morgan fingerprint density at radius 2 is 1.81 bits per heavy atom. The van der Waals surface area contributed by atoms with Gasteiger partial charge in [-0.15, -0.1) is 0 Å². The predicted octanol–water partition coefficient (Wildman–Crippen LogP) is 3.16. The van der Waals surface area contributed by atoms with Crippen LogP contribution in [0.15, 0.2) is 36.4 Å². The predicted molar refractivity (Wildman–Crippen MR) is 86.9 cm³/mol. The van der Waals surface area contributed by atoms with Crippen molar-refractivity contribution in [2.75, 3.05) is 20.2 Å². The van der Waals surface area contributed by atoms with Gasteiger partial charge >= 0.3 is 12.1 Å². The van der Waals surface area contributed by atoms with E-state index in [-0.39, 0.29) is 18.7 Å². The fraction of sp³-hybridized carbons (Fsp3) is 0.333. The summed E-state index contributed by atoms with van der Waals surface area (Å²) in [5.74, 6) is -1.42. The van der Waals surface area contributed by atoms with Crippen LogP contribution in [0, 0.1) is 5.92 Å². The molecule has 1 amide bonds. The van der Waals surface area contributed by atoms with Gasteiger partial charge in [-0.25, -0.2) is 0 Å². The van der Waals surface area contributed by atoms with Gasteiger partial charge in [0.05, 0.1) is 13.0 Å². The maximum atomic E-state index is 12.4. The first-order chi connectivity index (χ1) is 12.2. The SMILES string of the molecule is COc1ccc2ccc(OC(=O)C3CC(=O)N(CC(F)(F)F)C3)cc2c1. The number of benzene rings is 2. The Balaban J connectivity index is 1.70. The van der Waals surface area contributed by atoms with Crippen molar-refractivity contribution in [3.05, 3.63) is 36.4 Å². The van der Waals surface area contributed by atoms with Crippen molar-refractivity contribution < 1.29 is 32.2 Å².